The molecule has 4 heteroatoms. The van der Waals surface area contributed by atoms with E-state index in [2.05, 4.69) is 11.0 Å². The Kier molecular flexibility index (Phi) is 4.03. The zero-order chi connectivity index (χ0) is 16.1. The number of nitrogens with zero attached hydrogens (tertiary/aromatic N) is 1. The summed E-state index contributed by atoms with van der Waals surface area (Å²) < 4.78 is 0. The number of carbonyl (C=O) groups is 1. The molecule has 4 saturated heterocycles. The van der Waals surface area contributed by atoms with Crippen LogP contribution >= 0.6 is 23.2 Å². The molecule has 4 heterocycles. The summed E-state index contributed by atoms with van der Waals surface area (Å²) in [5.74, 6) is 1.05. The molecule has 1 unspecified atom stereocenters. The van der Waals surface area contributed by atoms with E-state index in [9.17, 15) is 4.79 Å². The van der Waals surface area contributed by atoms with Crippen LogP contribution in [0.25, 0.3) is 6.08 Å². The van der Waals surface area contributed by atoms with Crippen molar-refractivity contribution < 1.29 is 4.79 Å². The fourth-order valence-electron chi connectivity index (χ4n) is 4.91. The van der Waals surface area contributed by atoms with Gasteiger partial charge in [-0.15, -0.1) is 0 Å². The molecule has 0 spiro atoms. The molecule has 23 heavy (non-hydrogen) atoms. The number of halogens is 2. The molecule has 4 aliphatic heterocycles. The van der Waals surface area contributed by atoms with Crippen molar-refractivity contribution in [2.75, 3.05) is 6.54 Å². The van der Waals surface area contributed by atoms with Crippen LogP contribution in [-0.4, -0.2) is 29.3 Å². The minimum Gasteiger partial charge on any atom is -0.299 e. The minimum atomic E-state index is 0.196. The first-order valence-corrected chi connectivity index (χ1v) is 9.28. The van der Waals surface area contributed by atoms with E-state index >= 15 is 0 Å². The van der Waals surface area contributed by atoms with Gasteiger partial charge in [0.2, 0.25) is 0 Å². The summed E-state index contributed by atoms with van der Waals surface area (Å²) in [6.07, 6.45) is 6.47. The molecule has 0 aromatic heterocycles. The largest absolute Gasteiger partial charge is 0.299 e. The second-order valence-corrected chi connectivity index (χ2v) is 7.87. The van der Waals surface area contributed by atoms with Crippen molar-refractivity contribution >= 4 is 35.1 Å². The SMILES string of the molecule is CCC(=O)[C@H]1[C@@H]2C[C@@H]3CC[C@H]1N3C/C2=C\c1ccc(Cl)c(Cl)c1. The molecule has 122 valence electrons. The van der Waals surface area contributed by atoms with E-state index in [1.54, 1.807) is 0 Å². The second kappa shape index (κ2) is 5.91. The Labute approximate surface area is 147 Å². The summed E-state index contributed by atoms with van der Waals surface area (Å²) in [7, 11) is 0. The molecule has 0 aliphatic carbocycles. The van der Waals surface area contributed by atoms with Crippen LogP contribution in [0.15, 0.2) is 23.8 Å². The van der Waals surface area contributed by atoms with Crippen molar-refractivity contribution in [3.63, 3.8) is 0 Å². The molecule has 1 aromatic rings. The number of hydrogen-bond acceptors (Lipinski definition) is 2. The maximum Gasteiger partial charge on any atom is 0.137 e. The van der Waals surface area contributed by atoms with Gasteiger partial charge < -0.3 is 0 Å². The first-order valence-electron chi connectivity index (χ1n) is 8.52. The molecule has 0 radical (unpaired) electrons. The zero-order valence-electron chi connectivity index (χ0n) is 13.3. The highest BCUT2D eigenvalue weighted by atomic mass is 35.5. The molecule has 5 rings (SSSR count). The number of hydrogen-bond donors (Lipinski definition) is 0. The van der Waals surface area contributed by atoms with E-state index in [0.29, 0.717) is 40.3 Å². The van der Waals surface area contributed by atoms with Crippen molar-refractivity contribution in [2.45, 2.75) is 44.7 Å². The quantitative estimate of drug-likeness (QED) is 0.778. The first kappa shape index (κ1) is 15.7. The van der Waals surface area contributed by atoms with Gasteiger partial charge in [0.1, 0.15) is 5.78 Å². The standard InChI is InChI=1S/C19H21Cl2NO/c1-2-18(23)19-14-9-13-4-6-17(19)22(13)10-12(14)7-11-3-5-15(20)16(21)8-11/h3,5,7-8,13-14,17,19H,2,4,6,9-10H2,1H3/b12-7+/t13-,14+,17+,19-/m0/s1. The molecule has 0 N–H and O–H groups in total. The Morgan fingerprint density at radius 3 is 2.87 bits per heavy atom. The predicted octanol–water partition coefficient (Wildman–Crippen LogP) is 4.84. The topological polar surface area (TPSA) is 20.3 Å². The van der Waals surface area contributed by atoms with Crippen molar-refractivity contribution in [1.29, 1.82) is 0 Å². The number of piperidine rings is 3. The third-order valence-corrected chi connectivity index (χ3v) is 6.66. The van der Waals surface area contributed by atoms with Crippen LogP contribution in [0.5, 0.6) is 0 Å². The monoisotopic (exact) mass is 349 g/mol. The maximum atomic E-state index is 12.5. The molecule has 4 fully saturated rings. The third-order valence-electron chi connectivity index (χ3n) is 5.92. The first-order chi connectivity index (χ1) is 11.1. The van der Waals surface area contributed by atoms with Crippen LogP contribution in [0.4, 0.5) is 0 Å². The number of ketones is 1. The van der Waals surface area contributed by atoms with E-state index in [0.717, 1.165) is 18.5 Å². The Bertz CT molecular complexity index is 684. The summed E-state index contributed by atoms with van der Waals surface area (Å²) in [6.45, 7) is 3.00. The van der Waals surface area contributed by atoms with Crippen molar-refractivity contribution in [3.8, 4) is 0 Å². The van der Waals surface area contributed by atoms with Crippen molar-refractivity contribution in [2.24, 2.45) is 11.8 Å². The van der Waals surface area contributed by atoms with Gasteiger partial charge in [0.25, 0.3) is 0 Å². The summed E-state index contributed by atoms with van der Waals surface area (Å²) >= 11 is 12.2. The van der Waals surface area contributed by atoms with Crippen LogP contribution < -0.4 is 0 Å². The molecule has 5 atom stereocenters. The van der Waals surface area contributed by atoms with E-state index < -0.39 is 0 Å². The lowest BCUT2D eigenvalue weighted by Gasteiger charge is -2.51. The Hall–Kier alpha value is -0.830. The average Bonchev–Trinajstić information content (AvgIpc) is 2.85. The molecule has 4 aliphatic rings. The molecule has 0 amide bonds. The normalized spacial score (nSPS) is 36.7. The maximum absolute atomic E-state index is 12.5. The van der Waals surface area contributed by atoms with E-state index in [-0.39, 0.29) is 5.92 Å². The van der Waals surface area contributed by atoms with Crippen LogP contribution in [-0.2, 0) is 4.79 Å². The second-order valence-electron chi connectivity index (χ2n) is 7.05. The molecular weight excluding hydrogens is 329 g/mol. The lowest BCUT2D eigenvalue weighted by atomic mass is 9.69. The van der Waals surface area contributed by atoms with E-state index in [1.807, 2.05) is 25.1 Å². The number of fused-ring (bicyclic) bond motifs is 1. The van der Waals surface area contributed by atoms with Gasteiger partial charge in [-0.25, -0.2) is 0 Å². The van der Waals surface area contributed by atoms with Gasteiger partial charge in [-0.1, -0.05) is 47.8 Å². The molecule has 2 nitrogen and oxygen atoms in total. The van der Waals surface area contributed by atoms with Gasteiger partial charge in [0.15, 0.2) is 0 Å². The van der Waals surface area contributed by atoms with Crippen LogP contribution in [0.1, 0.15) is 38.2 Å². The Balaban J connectivity index is 1.69. The highest BCUT2D eigenvalue weighted by molar-refractivity contribution is 6.42. The zero-order valence-corrected chi connectivity index (χ0v) is 14.8. The summed E-state index contributed by atoms with van der Waals surface area (Å²) in [5, 5.41) is 1.17. The lowest BCUT2D eigenvalue weighted by molar-refractivity contribution is -0.129. The highest BCUT2D eigenvalue weighted by Crippen LogP contribution is 2.51. The van der Waals surface area contributed by atoms with E-state index in [4.69, 9.17) is 23.2 Å². The van der Waals surface area contributed by atoms with Gasteiger partial charge in [-0.05, 0) is 42.9 Å². The summed E-state index contributed by atoms with van der Waals surface area (Å²) in [5.41, 5.74) is 2.47. The lowest BCUT2D eigenvalue weighted by Crippen LogP contribution is -2.57. The molecular formula is C19H21Cl2NO. The van der Waals surface area contributed by atoms with Crippen LogP contribution in [0, 0.1) is 11.8 Å². The smallest absolute Gasteiger partial charge is 0.137 e. The van der Waals surface area contributed by atoms with Gasteiger partial charge in [-0.2, -0.15) is 0 Å². The summed E-state index contributed by atoms with van der Waals surface area (Å²) in [4.78, 5) is 15.1. The van der Waals surface area contributed by atoms with Crippen molar-refractivity contribution in [3.05, 3.63) is 39.4 Å². The minimum absolute atomic E-state index is 0.196. The van der Waals surface area contributed by atoms with Gasteiger partial charge in [0.05, 0.1) is 10.0 Å². The molecule has 1 aromatic carbocycles. The number of rotatable bonds is 3. The van der Waals surface area contributed by atoms with Crippen LogP contribution in [0.3, 0.4) is 0 Å². The fraction of sp³-hybridized carbons (Fsp3) is 0.526. The molecule has 4 bridgehead atoms. The number of carbonyl (C=O) groups excluding carboxylic acids is 1. The summed E-state index contributed by atoms with van der Waals surface area (Å²) in [6, 6.07) is 6.94. The van der Waals surface area contributed by atoms with Gasteiger partial charge in [0, 0.05) is 31.0 Å². The van der Waals surface area contributed by atoms with Gasteiger partial charge in [-0.3, -0.25) is 9.69 Å². The third kappa shape index (κ3) is 2.56. The number of Topliss-reactive ketones (excluding diaryl/α,β-unsaturated/α-hetero) is 1. The fourth-order valence-corrected chi connectivity index (χ4v) is 5.22. The van der Waals surface area contributed by atoms with E-state index in [1.165, 1.54) is 18.4 Å². The molecule has 0 saturated carbocycles. The van der Waals surface area contributed by atoms with Crippen LogP contribution in [0.2, 0.25) is 10.0 Å². The average molecular weight is 350 g/mol. The predicted molar refractivity (Wildman–Crippen MR) is 94.9 cm³/mol. The number of benzene rings is 1. The Morgan fingerprint density at radius 2 is 2.13 bits per heavy atom. The highest BCUT2D eigenvalue weighted by Gasteiger charge is 2.54. The Morgan fingerprint density at radius 1 is 1.30 bits per heavy atom. The van der Waals surface area contributed by atoms with Crippen molar-refractivity contribution in [1.82, 2.24) is 4.90 Å². The van der Waals surface area contributed by atoms with Gasteiger partial charge >= 0.3 is 0 Å².